The van der Waals surface area contributed by atoms with Crippen LogP contribution in [0.1, 0.15) is 15.9 Å². The number of nitrogens with one attached hydrogen (secondary N) is 1. The van der Waals surface area contributed by atoms with Crippen LogP contribution in [0.5, 0.6) is 5.75 Å². The summed E-state index contributed by atoms with van der Waals surface area (Å²) in [7, 11) is 0. The van der Waals surface area contributed by atoms with E-state index in [4.69, 9.17) is 21.4 Å². The number of ketones is 1. The molecule has 0 fully saturated rings. The Bertz CT molecular complexity index is 883. The van der Waals surface area contributed by atoms with Crippen molar-refractivity contribution in [2.45, 2.75) is 0 Å². The number of hydrogen-bond acceptors (Lipinski definition) is 3. The Balaban J connectivity index is 2.00. The monoisotopic (exact) mass is 329 g/mol. The topological polar surface area (TPSA) is 79.4 Å². The Morgan fingerprint density at radius 1 is 1.09 bits per heavy atom. The molecular weight excluding hydrogens is 318 g/mol. The molecule has 0 atom stereocenters. The van der Waals surface area contributed by atoms with E-state index in [1.807, 2.05) is 0 Å². The number of hydrogen-bond donors (Lipinski definition) is 2. The quantitative estimate of drug-likeness (QED) is 0.702. The Hall–Kier alpha value is -2.79. The maximum atomic E-state index is 12.6. The molecule has 1 heterocycles. The van der Waals surface area contributed by atoms with E-state index in [9.17, 15) is 9.59 Å². The van der Waals surface area contributed by atoms with E-state index in [0.717, 1.165) is 0 Å². The van der Waals surface area contributed by atoms with E-state index in [2.05, 4.69) is 4.98 Å². The summed E-state index contributed by atoms with van der Waals surface area (Å²) in [5.74, 6) is -0.801. The van der Waals surface area contributed by atoms with Gasteiger partial charge in [-0.1, -0.05) is 11.6 Å². The van der Waals surface area contributed by atoms with Gasteiger partial charge >= 0.3 is 5.97 Å². The van der Waals surface area contributed by atoms with Gasteiger partial charge < -0.3 is 14.8 Å². The number of rotatable bonds is 5. The van der Waals surface area contributed by atoms with E-state index in [-0.39, 0.29) is 5.78 Å². The number of H-pyrrole nitrogens is 1. The lowest BCUT2D eigenvalue weighted by Gasteiger charge is -2.08. The third-order valence-corrected chi connectivity index (χ3v) is 3.64. The number of aromatic amines is 1. The van der Waals surface area contributed by atoms with Crippen molar-refractivity contribution in [3.63, 3.8) is 0 Å². The number of carbonyl (C=O) groups is 2. The van der Waals surface area contributed by atoms with E-state index < -0.39 is 12.6 Å². The predicted octanol–water partition coefficient (Wildman–Crippen LogP) is 3.52. The molecule has 2 N–H and O–H groups in total. The van der Waals surface area contributed by atoms with Gasteiger partial charge in [-0.15, -0.1) is 0 Å². The first kappa shape index (κ1) is 15.1. The van der Waals surface area contributed by atoms with Crippen molar-refractivity contribution in [1.29, 1.82) is 0 Å². The molecule has 116 valence electrons. The lowest BCUT2D eigenvalue weighted by molar-refractivity contribution is -0.139. The number of carbonyl (C=O) groups excluding carboxylic acids is 1. The third-order valence-electron chi connectivity index (χ3n) is 3.39. The summed E-state index contributed by atoms with van der Waals surface area (Å²) in [4.78, 5) is 26.3. The van der Waals surface area contributed by atoms with E-state index >= 15 is 0 Å². The molecular formula is C17H12ClNO4. The van der Waals surface area contributed by atoms with Gasteiger partial charge in [-0.2, -0.15) is 0 Å². The first-order valence-electron chi connectivity index (χ1n) is 6.81. The van der Waals surface area contributed by atoms with Crippen molar-refractivity contribution in [1.82, 2.24) is 4.98 Å². The molecule has 6 heteroatoms. The molecule has 0 amide bonds. The second-order valence-electron chi connectivity index (χ2n) is 4.90. The number of carboxylic acid groups (broad SMARTS) is 1. The Morgan fingerprint density at radius 2 is 1.83 bits per heavy atom. The Labute approximate surface area is 136 Å². The van der Waals surface area contributed by atoms with Crippen LogP contribution in [-0.2, 0) is 4.79 Å². The standard InChI is InChI=1S/C17H12ClNO4/c18-11-3-1-10(2-4-11)17(22)13-5-6-14(23-9-15(20)21)12-7-8-19-16(12)13/h1-8,19H,9H2,(H,20,21). The third kappa shape index (κ3) is 3.05. The molecule has 0 unspecified atom stereocenters. The van der Waals surface area contributed by atoms with Gasteiger partial charge in [0.05, 0.1) is 5.52 Å². The zero-order chi connectivity index (χ0) is 16.4. The first-order valence-corrected chi connectivity index (χ1v) is 7.19. The summed E-state index contributed by atoms with van der Waals surface area (Å²) >= 11 is 5.84. The number of benzene rings is 2. The summed E-state index contributed by atoms with van der Waals surface area (Å²) in [6.07, 6.45) is 1.68. The van der Waals surface area contributed by atoms with E-state index in [0.29, 0.717) is 32.8 Å². The maximum absolute atomic E-state index is 12.6. The van der Waals surface area contributed by atoms with Crippen molar-refractivity contribution >= 4 is 34.3 Å². The summed E-state index contributed by atoms with van der Waals surface area (Å²) in [5.41, 5.74) is 1.60. The average Bonchev–Trinajstić information content (AvgIpc) is 3.02. The van der Waals surface area contributed by atoms with Crippen molar-refractivity contribution in [3.8, 4) is 5.75 Å². The second-order valence-corrected chi connectivity index (χ2v) is 5.33. The number of ether oxygens (including phenoxy) is 1. The minimum absolute atomic E-state index is 0.154. The van der Waals surface area contributed by atoms with Gasteiger partial charge in [0.1, 0.15) is 5.75 Å². The van der Waals surface area contributed by atoms with Crippen LogP contribution < -0.4 is 4.74 Å². The van der Waals surface area contributed by atoms with Crippen molar-refractivity contribution in [2.75, 3.05) is 6.61 Å². The van der Waals surface area contributed by atoms with Gasteiger partial charge in [0, 0.05) is 27.7 Å². The summed E-state index contributed by atoms with van der Waals surface area (Å²) in [6, 6.07) is 11.6. The van der Waals surface area contributed by atoms with E-state index in [1.165, 1.54) is 0 Å². The van der Waals surface area contributed by atoms with Crippen LogP contribution in [0.4, 0.5) is 0 Å². The molecule has 23 heavy (non-hydrogen) atoms. The molecule has 5 nitrogen and oxygen atoms in total. The van der Waals surface area contributed by atoms with Crippen LogP contribution in [-0.4, -0.2) is 28.4 Å². The molecule has 1 aromatic heterocycles. The molecule has 0 aliphatic heterocycles. The van der Waals surface area contributed by atoms with Gasteiger partial charge in [-0.05, 0) is 42.5 Å². The smallest absolute Gasteiger partial charge is 0.341 e. The highest BCUT2D eigenvalue weighted by molar-refractivity contribution is 6.30. The second kappa shape index (κ2) is 6.14. The fraction of sp³-hybridized carbons (Fsp3) is 0.0588. The van der Waals surface area contributed by atoms with Crippen molar-refractivity contribution in [3.05, 3.63) is 64.8 Å². The molecule has 0 bridgehead atoms. The fourth-order valence-corrected chi connectivity index (χ4v) is 2.47. The molecule has 0 spiro atoms. The van der Waals surface area contributed by atoms with Crippen LogP contribution in [0.2, 0.25) is 5.02 Å². The molecule has 0 aliphatic rings. The molecule has 0 radical (unpaired) electrons. The Morgan fingerprint density at radius 3 is 2.52 bits per heavy atom. The summed E-state index contributed by atoms with van der Waals surface area (Å²) in [6.45, 7) is -0.440. The zero-order valence-corrected chi connectivity index (χ0v) is 12.6. The molecule has 0 aliphatic carbocycles. The highest BCUT2D eigenvalue weighted by Gasteiger charge is 2.16. The van der Waals surface area contributed by atoms with Gasteiger partial charge in [-0.3, -0.25) is 4.79 Å². The molecule has 2 aromatic carbocycles. The lowest BCUT2D eigenvalue weighted by Crippen LogP contribution is -2.10. The Kier molecular flexibility index (Phi) is 4.04. The summed E-state index contributed by atoms with van der Waals surface area (Å²) in [5, 5.41) is 9.93. The number of halogens is 1. The first-order chi connectivity index (χ1) is 11.1. The molecule has 0 saturated heterocycles. The van der Waals surface area contributed by atoms with Crippen LogP contribution in [0.15, 0.2) is 48.7 Å². The fourth-order valence-electron chi connectivity index (χ4n) is 2.34. The van der Waals surface area contributed by atoms with Crippen LogP contribution in [0.25, 0.3) is 10.9 Å². The minimum atomic E-state index is -1.06. The van der Waals surface area contributed by atoms with Gasteiger partial charge in [0.25, 0.3) is 0 Å². The number of fused-ring (bicyclic) bond motifs is 1. The van der Waals surface area contributed by atoms with Crippen molar-refractivity contribution < 1.29 is 19.4 Å². The number of aromatic nitrogens is 1. The van der Waals surface area contributed by atoms with E-state index in [1.54, 1.807) is 48.7 Å². The van der Waals surface area contributed by atoms with Gasteiger partial charge in [-0.25, -0.2) is 4.79 Å². The maximum Gasteiger partial charge on any atom is 0.341 e. The molecule has 0 saturated carbocycles. The largest absolute Gasteiger partial charge is 0.481 e. The molecule has 3 aromatic rings. The SMILES string of the molecule is O=C(O)COc1ccc(C(=O)c2ccc(Cl)cc2)c2[nH]ccc12. The molecule has 3 rings (SSSR count). The van der Waals surface area contributed by atoms with Gasteiger partial charge in [0.15, 0.2) is 12.4 Å². The highest BCUT2D eigenvalue weighted by Crippen LogP contribution is 2.29. The summed E-state index contributed by atoms with van der Waals surface area (Å²) < 4.78 is 5.25. The van der Waals surface area contributed by atoms with Gasteiger partial charge in [0.2, 0.25) is 0 Å². The normalized spacial score (nSPS) is 10.7. The van der Waals surface area contributed by atoms with Crippen molar-refractivity contribution in [2.24, 2.45) is 0 Å². The number of aliphatic carboxylic acids is 1. The lowest BCUT2D eigenvalue weighted by atomic mass is 10.0. The number of carboxylic acids is 1. The van der Waals surface area contributed by atoms with Crippen LogP contribution in [0.3, 0.4) is 0 Å². The van der Waals surface area contributed by atoms with Crippen LogP contribution >= 0.6 is 11.6 Å². The zero-order valence-electron chi connectivity index (χ0n) is 11.9. The minimum Gasteiger partial charge on any atom is -0.481 e. The predicted molar refractivity (Wildman–Crippen MR) is 86.3 cm³/mol. The van der Waals surface area contributed by atoms with Crippen LogP contribution in [0, 0.1) is 0 Å². The highest BCUT2D eigenvalue weighted by atomic mass is 35.5. The average molecular weight is 330 g/mol.